The molecule has 2 rings (SSSR count). The third-order valence-electron chi connectivity index (χ3n) is 3.49. The first-order chi connectivity index (χ1) is 11.0. The van der Waals surface area contributed by atoms with Crippen LogP contribution in [0.1, 0.15) is 32.8 Å². The third kappa shape index (κ3) is 5.53. The Bertz CT molecular complexity index is 605. The Morgan fingerprint density at radius 3 is 2.48 bits per heavy atom. The van der Waals surface area contributed by atoms with Crippen molar-refractivity contribution in [3.63, 3.8) is 0 Å². The van der Waals surface area contributed by atoms with Gasteiger partial charge >= 0.3 is 0 Å². The molecule has 0 aliphatic rings. The fourth-order valence-electron chi connectivity index (χ4n) is 2.13. The molecule has 1 aromatic carbocycles. The lowest BCUT2D eigenvalue weighted by Gasteiger charge is -2.19. The second kappa shape index (κ2) is 7.92. The molecule has 0 radical (unpaired) electrons. The van der Waals surface area contributed by atoms with E-state index in [4.69, 9.17) is 4.74 Å². The average Bonchev–Trinajstić information content (AvgIpc) is 2.52. The van der Waals surface area contributed by atoms with Gasteiger partial charge in [-0.15, -0.1) is 0 Å². The number of hydrogen-bond acceptors (Lipinski definition) is 5. The van der Waals surface area contributed by atoms with E-state index in [-0.39, 0.29) is 5.41 Å². The van der Waals surface area contributed by atoms with Crippen LogP contribution in [0.15, 0.2) is 36.5 Å². The Labute approximate surface area is 138 Å². The van der Waals surface area contributed by atoms with Crippen LogP contribution in [0.3, 0.4) is 0 Å². The summed E-state index contributed by atoms with van der Waals surface area (Å²) in [6.45, 7) is 8.15. The molecule has 0 unspecified atom stereocenters. The first kappa shape index (κ1) is 17.2. The molecule has 2 aromatic rings. The summed E-state index contributed by atoms with van der Waals surface area (Å²) in [6.07, 6.45) is 2.67. The molecule has 1 heterocycles. The smallest absolute Gasteiger partial charge is 0.224 e. The van der Waals surface area contributed by atoms with E-state index in [0.29, 0.717) is 5.95 Å². The van der Waals surface area contributed by atoms with E-state index in [0.717, 1.165) is 31.1 Å². The molecular weight excluding hydrogens is 288 g/mol. The lowest BCUT2D eigenvalue weighted by atomic mass is 9.87. The summed E-state index contributed by atoms with van der Waals surface area (Å²) in [6, 6.07) is 10.3. The highest BCUT2D eigenvalue weighted by Gasteiger charge is 2.12. The van der Waals surface area contributed by atoms with Crippen molar-refractivity contribution >= 4 is 17.5 Å². The van der Waals surface area contributed by atoms with E-state index in [2.05, 4.69) is 65.6 Å². The Morgan fingerprint density at radius 1 is 1.09 bits per heavy atom. The quantitative estimate of drug-likeness (QED) is 0.757. The Balaban J connectivity index is 1.97. The summed E-state index contributed by atoms with van der Waals surface area (Å²) in [4.78, 5) is 8.68. The molecule has 0 aliphatic carbocycles. The van der Waals surface area contributed by atoms with Gasteiger partial charge in [-0.25, -0.2) is 4.98 Å². The van der Waals surface area contributed by atoms with Gasteiger partial charge in [-0.2, -0.15) is 4.98 Å². The van der Waals surface area contributed by atoms with Gasteiger partial charge in [0, 0.05) is 32.1 Å². The standard InChI is InChI=1S/C18H26N4O/c1-18(2,3)14-6-8-15(9-7-14)21-16-10-12-20-17(22-16)19-11-5-13-23-4/h6-10,12H,5,11,13H2,1-4H3,(H2,19,20,21,22). The summed E-state index contributed by atoms with van der Waals surface area (Å²) in [5.74, 6) is 1.40. The Morgan fingerprint density at radius 2 is 1.83 bits per heavy atom. The number of hydrogen-bond donors (Lipinski definition) is 2. The van der Waals surface area contributed by atoms with Gasteiger partial charge in [0.15, 0.2) is 0 Å². The van der Waals surface area contributed by atoms with Gasteiger partial charge in [0.05, 0.1) is 0 Å². The van der Waals surface area contributed by atoms with Crippen molar-refractivity contribution in [2.75, 3.05) is 30.9 Å². The fraction of sp³-hybridized carbons (Fsp3) is 0.444. The van der Waals surface area contributed by atoms with Crippen LogP contribution in [-0.2, 0) is 10.2 Å². The van der Waals surface area contributed by atoms with Crippen LogP contribution in [0.5, 0.6) is 0 Å². The van der Waals surface area contributed by atoms with E-state index in [1.54, 1.807) is 13.3 Å². The largest absolute Gasteiger partial charge is 0.385 e. The van der Waals surface area contributed by atoms with Gasteiger partial charge in [0.2, 0.25) is 5.95 Å². The van der Waals surface area contributed by atoms with Gasteiger partial charge in [0.1, 0.15) is 5.82 Å². The van der Waals surface area contributed by atoms with Crippen LogP contribution in [0.2, 0.25) is 0 Å². The highest BCUT2D eigenvalue weighted by molar-refractivity contribution is 5.57. The molecule has 23 heavy (non-hydrogen) atoms. The number of aromatic nitrogens is 2. The summed E-state index contributed by atoms with van der Waals surface area (Å²) in [7, 11) is 1.70. The minimum atomic E-state index is 0.159. The van der Waals surface area contributed by atoms with E-state index in [9.17, 15) is 0 Å². The predicted octanol–water partition coefficient (Wildman–Crippen LogP) is 3.97. The molecule has 0 spiro atoms. The minimum absolute atomic E-state index is 0.159. The Kier molecular flexibility index (Phi) is 5.93. The zero-order valence-electron chi connectivity index (χ0n) is 14.4. The molecule has 0 saturated carbocycles. The molecule has 0 bridgehead atoms. The molecule has 124 valence electrons. The molecule has 1 aromatic heterocycles. The highest BCUT2D eigenvalue weighted by atomic mass is 16.5. The van der Waals surface area contributed by atoms with E-state index in [1.807, 2.05) is 6.07 Å². The van der Waals surface area contributed by atoms with Crippen molar-refractivity contribution in [1.82, 2.24) is 9.97 Å². The first-order valence-corrected chi connectivity index (χ1v) is 7.92. The summed E-state index contributed by atoms with van der Waals surface area (Å²) >= 11 is 0. The molecule has 2 N–H and O–H groups in total. The average molecular weight is 314 g/mol. The number of ether oxygens (including phenoxy) is 1. The Hall–Kier alpha value is -2.14. The molecule has 0 amide bonds. The maximum atomic E-state index is 5.02. The van der Waals surface area contributed by atoms with Crippen LogP contribution < -0.4 is 10.6 Å². The van der Waals surface area contributed by atoms with Crippen LogP contribution in [-0.4, -0.2) is 30.2 Å². The molecular formula is C18H26N4O. The molecule has 5 nitrogen and oxygen atoms in total. The van der Waals surface area contributed by atoms with Crippen molar-refractivity contribution in [2.24, 2.45) is 0 Å². The molecule has 0 aliphatic heterocycles. The number of nitrogens with one attached hydrogen (secondary N) is 2. The fourth-order valence-corrected chi connectivity index (χ4v) is 2.13. The van der Waals surface area contributed by atoms with Crippen molar-refractivity contribution < 1.29 is 4.74 Å². The maximum absolute atomic E-state index is 5.02. The van der Waals surface area contributed by atoms with Crippen molar-refractivity contribution in [2.45, 2.75) is 32.6 Å². The minimum Gasteiger partial charge on any atom is -0.385 e. The molecule has 0 saturated heterocycles. The number of anilines is 3. The zero-order chi connectivity index (χ0) is 16.7. The third-order valence-corrected chi connectivity index (χ3v) is 3.49. The summed E-state index contributed by atoms with van der Waals surface area (Å²) in [5, 5.41) is 6.50. The summed E-state index contributed by atoms with van der Waals surface area (Å²) < 4.78 is 5.02. The van der Waals surface area contributed by atoms with E-state index in [1.165, 1.54) is 5.56 Å². The first-order valence-electron chi connectivity index (χ1n) is 7.92. The van der Waals surface area contributed by atoms with Crippen LogP contribution >= 0.6 is 0 Å². The number of methoxy groups -OCH3 is 1. The lowest BCUT2D eigenvalue weighted by molar-refractivity contribution is 0.197. The van der Waals surface area contributed by atoms with Crippen LogP contribution in [0, 0.1) is 0 Å². The second-order valence-corrected chi connectivity index (χ2v) is 6.49. The molecule has 0 atom stereocenters. The number of rotatable bonds is 7. The number of benzene rings is 1. The van der Waals surface area contributed by atoms with Crippen LogP contribution in [0.4, 0.5) is 17.5 Å². The van der Waals surface area contributed by atoms with Crippen molar-refractivity contribution in [3.8, 4) is 0 Å². The zero-order valence-corrected chi connectivity index (χ0v) is 14.4. The predicted molar refractivity (Wildman–Crippen MR) is 95.4 cm³/mol. The molecule has 0 fully saturated rings. The maximum Gasteiger partial charge on any atom is 0.224 e. The second-order valence-electron chi connectivity index (χ2n) is 6.49. The van der Waals surface area contributed by atoms with Gasteiger partial charge in [0.25, 0.3) is 0 Å². The monoisotopic (exact) mass is 314 g/mol. The van der Waals surface area contributed by atoms with E-state index < -0.39 is 0 Å². The van der Waals surface area contributed by atoms with Gasteiger partial charge in [-0.05, 0) is 35.6 Å². The topological polar surface area (TPSA) is 59.1 Å². The van der Waals surface area contributed by atoms with Crippen LogP contribution in [0.25, 0.3) is 0 Å². The summed E-state index contributed by atoms with van der Waals surface area (Å²) in [5.41, 5.74) is 2.49. The number of nitrogens with zero attached hydrogens (tertiary/aromatic N) is 2. The van der Waals surface area contributed by atoms with Gasteiger partial charge in [-0.3, -0.25) is 0 Å². The van der Waals surface area contributed by atoms with Crippen molar-refractivity contribution in [3.05, 3.63) is 42.1 Å². The lowest BCUT2D eigenvalue weighted by Crippen LogP contribution is -2.10. The molecule has 5 heteroatoms. The van der Waals surface area contributed by atoms with Crippen molar-refractivity contribution in [1.29, 1.82) is 0 Å². The SMILES string of the molecule is COCCCNc1nccc(Nc2ccc(C(C)(C)C)cc2)n1. The van der Waals surface area contributed by atoms with Gasteiger partial charge in [-0.1, -0.05) is 32.9 Å². The van der Waals surface area contributed by atoms with Gasteiger partial charge < -0.3 is 15.4 Å². The highest BCUT2D eigenvalue weighted by Crippen LogP contribution is 2.24. The normalized spacial score (nSPS) is 11.3. The van der Waals surface area contributed by atoms with E-state index >= 15 is 0 Å².